The molecule has 28 heavy (non-hydrogen) atoms. The van der Waals surface area contributed by atoms with Gasteiger partial charge in [-0.3, -0.25) is 9.59 Å². The van der Waals surface area contributed by atoms with Crippen molar-refractivity contribution in [1.82, 2.24) is 10.6 Å². The summed E-state index contributed by atoms with van der Waals surface area (Å²) in [5.41, 5.74) is 0. The van der Waals surface area contributed by atoms with Gasteiger partial charge in [-0.1, -0.05) is 13.8 Å². The molecule has 8 heteroatoms. The third-order valence-electron chi connectivity index (χ3n) is 3.65. The molecule has 0 aliphatic rings. The van der Waals surface area contributed by atoms with Gasteiger partial charge in [0.25, 0.3) is 0 Å². The molecule has 0 heterocycles. The zero-order valence-electron chi connectivity index (χ0n) is 18.4. The molecule has 0 bridgehead atoms. The lowest BCUT2D eigenvalue weighted by molar-refractivity contribution is -0.126. The number of Topliss-reactive ketones (excluding diaryl/α,β-unsaturated/α-hetero) is 1. The number of ether oxygens (including phenoxy) is 4. The lowest BCUT2D eigenvalue weighted by atomic mass is 10.1. The average molecular weight is 405 g/mol. The average Bonchev–Trinajstić information content (AvgIpc) is 2.62. The van der Waals surface area contributed by atoms with Gasteiger partial charge in [0.2, 0.25) is 5.91 Å². The molecule has 8 nitrogen and oxygen atoms in total. The SMILES string of the molecule is CC(C)OCCOCC(COCCOC(C)C)NCC(=O)NCC(=O)C(C)C. The summed E-state index contributed by atoms with van der Waals surface area (Å²) < 4.78 is 22.1. The lowest BCUT2D eigenvalue weighted by Crippen LogP contribution is -2.45. The maximum Gasteiger partial charge on any atom is 0.234 e. The van der Waals surface area contributed by atoms with Crippen LogP contribution in [0.3, 0.4) is 0 Å². The van der Waals surface area contributed by atoms with Crippen molar-refractivity contribution in [1.29, 1.82) is 0 Å². The summed E-state index contributed by atoms with van der Waals surface area (Å²) >= 11 is 0. The minimum Gasteiger partial charge on any atom is -0.377 e. The highest BCUT2D eigenvalue weighted by molar-refractivity contribution is 5.87. The van der Waals surface area contributed by atoms with Crippen molar-refractivity contribution in [2.45, 2.75) is 59.8 Å². The highest BCUT2D eigenvalue weighted by Gasteiger charge is 2.13. The Labute approximate surface area is 170 Å². The monoisotopic (exact) mass is 404 g/mol. The van der Waals surface area contributed by atoms with E-state index in [0.29, 0.717) is 39.6 Å². The Morgan fingerprint density at radius 2 is 1.25 bits per heavy atom. The molecule has 1 amide bonds. The van der Waals surface area contributed by atoms with Crippen molar-refractivity contribution in [3.8, 4) is 0 Å². The van der Waals surface area contributed by atoms with Crippen LogP contribution in [0.25, 0.3) is 0 Å². The highest BCUT2D eigenvalue weighted by Crippen LogP contribution is 1.94. The predicted molar refractivity (Wildman–Crippen MR) is 108 cm³/mol. The molecule has 0 aliphatic heterocycles. The third kappa shape index (κ3) is 17.1. The number of hydrogen-bond donors (Lipinski definition) is 2. The van der Waals surface area contributed by atoms with E-state index in [9.17, 15) is 9.59 Å². The smallest absolute Gasteiger partial charge is 0.234 e. The Kier molecular flexibility index (Phi) is 16.2. The van der Waals surface area contributed by atoms with Crippen molar-refractivity contribution < 1.29 is 28.5 Å². The first-order chi connectivity index (χ1) is 13.2. The third-order valence-corrected chi connectivity index (χ3v) is 3.65. The molecule has 0 aromatic rings. The Morgan fingerprint density at radius 1 is 0.750 bits per heavy atom. The summed E-state index contributed by atoms with van der Waals surface area (Å²) in [6.07, 6.45) is 0.332. The van der Waals surface area contributed by atoms with Gasteiger partial charge in [-0.05, 0) is 27.7 Å². The number of carbonyl (C=O) groups is 2. The van der Waals surface area contributed by atoms with Gasteiger partial charge in [-0.15, -0.1) is 0 Å². The molecule has 0 aromatic heterocycles. The minimum atomic E-state index is -0.231. The van der Waals surface area contributed by atoms with Crippen LogP contribution in [-0.4, -0.2) is 82.7 Å². The number of nitrogens with one attached hydrogen (secondary N) is 2. The van der Waals surface area contributed by atoms with Gasteiger partial charge in [-0.25, -0.2) is 0 Å². The fraction of sp³-hybridized carbons (Fsp3) is 0.900. The quantitative estimate of drug-likeness (QED) is 0.331. The molecule has 0 unspecified atom stereocenters. The molecular formula is C20H40N2O6. The van der Waals surface area contributed by atoms with Crippen molar-refractivity contribution in [2.24, 2.45) is 5.92 Å². The van der Waals surface area contributed by atoms with Gasteiger partial charge in [0.1, 0.15) is 0 Å². The molecule has 166 valence electrons. The van der Waals surface area contributed by atoms with Gasteiger partial charge in [0.15, 0.2) is 5.78 Å². The van der Waals surface area contributed by atoms with E-state index in [1.54, 1.807) is 0 Å². The van der Waals surface area contributed by atoms with Crippen LogP contribution in [0.1, 0.15) is 41.5 Å². The maximum absolute atomic E-state index is 11.9. The van der Waals surface area contributed by atoms with E-state index in [1.807, 2.05) is 41.5 Å². The number of amides is 1. The second-order valence-corrected chi connectivity index (χ2v) is 7.46. The van der Waals surface area contributed by atoms with Crippen LogP contribution in [0.5, 0.6) is 0 Å². The zero-order chi connectivity index (χ0) is 21.4. The fourth-order valence-corrected chi connectivity index (χ4v) is 1.99. The lowest BCUT2D eigenvalue weighted by Gasteiger charge is -2.19. The summed E-state index contributed by atoms with van der Waals surface area (Å²) in [7, 11) is 0. The highest BCUT2D eigenvalue weighted by atomic mass is 16.5. The van der Waals surface area contributed by atoms with Crippen LogP contribution in [0.4, 0.5) is 0 Å². The first-order valence-electron chi connectivity index (χ1n) is 10.1. The molecule has 0 saturated carbocycles. The largest absolute Gasteiger partial charge is 0.377 e. The van der Waals surface area contributed by atoms with Gasteiger partial charge < -0.3 is 29.6 Å². The summed E-state index contributed by atoms with van der Waals surface area (Å²) in [6.45, 7) is 14.4. The van der Waals surface area contributed by atoms with E-state index in [2.05, 4.69) is 10.6 Å². The van der Waals surface area contributed by atoms with Gasteiger partial charge in [0, 0.05) is 5.92 Å². The Hall–Kier alpha value is -1.06. The van der Waals surface area contributed by atoms with Gasteiger partial charge in [0.05, 0.1) is 71.0 Å². The van der Waals surface area contributed by atoms with Crippen LogP contribution in [0.15, 0.2) is 0 Å². The Bertz CT molecular complexity index is 398. The molecule has 0 radical (unpaired) electrons. The van der Waals surface area contributed by atoms with Crippen LogP contribution in [0.2, 0.25) is 0 Å². The predicted octanol–water partition coefficient (Wildman–Crippen LogP) is 1.17. The van der Waals surface area contributed by atoms with E-state index < -0.39 is 0 Å². The number of carbonyl (C=O) groups excluding carboxylic acids is 2. The molecular weight excluding hydrogens is 364 g/mol. The maximum atomic E-state index is 11.9. The molecule has 0 spiro atoms. The van der Waals surface area contributed by atoms with Crippen molar-refractivity contribution in [3.05, 3.63) is 0 Å². The van der Waals surface area contributed by atoms with Gasteiger partial charge in [-0.2, -0.15) is 0 Å². The Morgan fingerprint density at radius 3 is 1.68 bits per heavy atom. The zero-order valence-corrected chi connectivity index (χ0v) is 18.4. The van der Waals surface area contributed by atoms with E-state index in [1.165, 1.54) is 0 Å². The molecule has 0 atom stereocenters. The number of hydrogen-bond acceptors (Lipinski definition) is 7. The molecule has 0 saturated heterocycles. The van der Waals surface area contributed by atoms with E-state index in [0.717, 1.165) is 0 Å². The fourth-order valence-electron chi connectivity index (χ4n) is 1.99. The van der Waals surface area contributed by atoms with Gasteiger partial charge >= 0.3 is 0 Å². The van der Waals surface area contributed by atoms with Crippen molar-refractivity contribution in [3.63, 3.8) is 0 Å². The van der Waals surface area contributed by atoms with Crippen LogP contribution in [0, 0.1) is 5.92 Å². The topological polar surface area (TPSA) is 95.1 Å². The number of rotatable bonds is 18. The standard InChI is InChI=1S/C20H40N2O6/c1-15(2)19(23)11-22-20(24)12-21-18(13-25-7-9-27-16(3)4)14-26-8-10-28-17(5)6/h15-18,21H,7-14H2,1-6H3,(H,22,24). The second-order valence-electron chi connectivity index (χ2n) is 7.46. The molecule has 0 aromatic carbocycles. The summed E-state index contributed by atoms with van der Waals surface area (Å²) in [4.78, 5) is 23.5. The molecule has 0 fully saturated rings. The van der Waals surface area contributed by atoms with Crippen molar-refractivity contribution in [2.75, 3.05) is 52.7 Å². The molecule has 0 rings (SSSR count). The van der Waals surface area contributed by atoms with Crippen LogP contribution >= 0.6 is 0 Å². The summed E-state index contributed by atoms with van der Waals surface area (Å²) in [6, 6.07) is -0.148. The first-order valence-corrected chi connectivity index (χ1v) is 10.1. The van der Waals surface area contributed by atoms with E-state index in [4.69, 9.17) is 18.9 Å². The number of ketones is 1. The normalized spacial score (nSPS) is 11.8. The molecule has 0 aliphatic carbocycles. The van der Waals surface area contributed by atoms with E-state index >= 15 is 0 Å². The van der Waals surface area contributed by atoms with E-state index in [-0.39, 0.29) is 48.9 Å². The minimum absolute atomic E-state index is 0.00636. The first kappa shape index (κ1) is 26.9. The summed E-state index contributed by atoms with van der Waals surface area (Å²) in [5.74, 6) is -0.318. The molecule has 2 N–H and O–H groups in total. The second kappa shape index (κ2) is 16.9. The summed E-state index contributed by atoms with van der Waals surface area (Å²) in [5, 5.41) is 5.74. The van der Waals surface area contributed by atoms with Crippen LogP contribution < -0.4 is 10.6 Å². The van der Waals surface area contributed by atoms with Crippen molar-refractivity contribution >= 4 is 11.7 Å². The van der Waals surface area contributed by atoms with Crippen LogP contribution in [-0.2, 0) is 28.5 Å². The Balaban J connectivity index is 4.18.